The van der Waals surface area contributed by atoms with Crippen LogP contribution in [0.4, 0.5) is 5.69 Å². The molecule has 1 N–H and O–H groups in total. The lowest BCUT2D eigenvalue weighted by atomic mass is 9.70. The van der Waals surface area contributed by atoms with Crippen LogP contribution >= 0.6 is 0 Å². The fourth-order valence-electron chi connectivity index (χ4n) is 5.12. The summed E-state index contributed by atoms with van der Waals surface area (Å²) >= 11 is 0. The second-order valence-corrected chi connectivity index (χ2v) is 9.60. The van der Waals surface area contributed by atoms with E-state index in [1.54, 1.807) is 30.3 Å². The molecule has 1 aliphatic heterocycles. The zero-order chi connectivity index (χ0) is 18.7. The number of rotatable bonds is 4. The van der Waals surface area contributed by atoms with Gasteiger partial charge in [-0.2, -0.15) is 0 Å². The molecule has 1 aromatic rings. The molecule has 2 aliphatic carbocycles. The maximum atomic E-state index is 13.1. The summed E-state index contributed by atoms with van der Waals surface area (Å²) in [6.45, 7) is 4.26. The first-order chi connectivity index (χ1) is 12.3. The Morgan fingerprint density at radius 2 is 1.92 bits per heavy atom. The van der Waals surface area contributed by atoms with Crippen LogP contribution in [0.25, 0.3) is 0 Å². The SMILES string of the molecule is CC1(C)[C@@H]2CC[C@@]1(CS(=O)C1=CC(=O)N(c3ccccc3)C1=O)[C@H](O)C2. The van der Waals surface area contributed by atoms with Crippen molar-refractivity contribution in [2.75, 3.05) is 10.7 Å². The largest absolute Gasteiger partial charge is 0.392 e. The molecule has 4 atom stereocenters. The first-order valence-electron chi connectivity index (χ1n) is 8.99. The lowest BCUT2D eigenvalue weighted by Crippen LogP contribution is -2.44. The van der Waals surface area contributed by atoms with Gasteiger partial charge in [0, 0.05) is 17.2 Å². The van der Waals surface area contributed by atoms with Crippen LogP contribution in [0.1, 0.15) is 33.1 Å². The van der Waals surface area contributed by atoms with E-state index >= 15 is 0 Å². The van der Waals surface area contributed by atoms with Gasteiger partial charge >= 0.3 is 0 Å². The second kappa shape index (κ2) is 5.86. The molecule has 2 bridgehead atoms. The zero-order valence-corrected chi connectivity index (χ0v) is 15.8. The van der Waals surface area contributed by atoms with Crippen molar-refractivity contribution in [1.82, 2.24) is 0 Å². The van der Waals surface area contributed by atoms with Gasteiger partial charge in [0.2, 0.25) is 0 Å². The van der Waals surface area contributed by atoms with Crippen LogP contribution in [0.2, 0.25) is 0 Å². The van der Waals surface area contributed by atoms with Crippen molar-refractivity contribution in [3.63, 3.8) is 0 Å². The third-order valence-electron chi connectivity index (χ3n) is 6.93. The van der Waals surface area contributed by atoms with Crippen LogP contribution in [-0.2, 0) is 20.4 Å². The van der Waals surface area contributed by atoms with E-state index in [0.29, 0.717) is 11.6 Å². The van der Waals surface area contributed by atoms with E-state index in [2.05, 4.69) is 13.8 Å². The molecule has 0 radical (unpaired) electrons. The van der Waals surface area contributed by atoms with Crippen molar-refractivity contribution >= 4 is 28.3 Å². The summed E-state index contributed by atoms with van der Waals surface area (Å²) in [6.07, 6.45) is 3.26. The van der Waals surface area contributed by atoms with Crippen molar-refractivity contribution in [3.05, 3.63) is 41.3 Å². The van der Waals surface area contributed by atoms with E-state index in [-0.39, 0.29) is 16.1 Å². The summed E-state index contributed by atoms with van der Waals surface area (Å²) in [5.41, 5.74) is -0.0913. The van der Waals surface area contributed by atoms with Gasteiger partial charge in [-0.3, -0.25) is 13.8 Å². The highest BCUT2D eigenvalue weighted by atomic mass is 32.2. The molecule has 2 amide bonds. The van der Waals surface area contributed by atoms with Crippen molar-refractivity contribution in [2.24, 2.45) is 16.7 Å². The first kappa shape index (κ1) is 17.6. The quantitative estimate of drug-likeness (QED) is 0.823. The van der Waals surface area contributed by atoms with Crippen LogP contribution in [0.3, 0.4) is 0 Å². The van der Waals surface area contributed by atoms with E-state index in [1.165, 1.54) is 6.08 Å². The molecule has 2 fully saturated rings. The molecule has 4 rings (SSSR count). The molecule has 5 nitrogen and oxygen atoms in total. The molecule has 1 unspecified atom stereocenters. The smallest absolute Gasteiger partial charge is 0.274 e. The molecule has 0 spiro atoms. The van der Waals surface area contributed by atoms with Crippen molar-refractivity contribution < 1.29 is 18.9 Å². The number of carbonyl (C=O) groups excluding carboxylic acids is 2. The molecule has 3 aliphatic rings. The maximum absolute atomic E-state index is 13.1. The van der Waals surface area contributed by atoms with Gasteiger partial charge in [0.1, 0.15) is 4.91 Å². The van der Waals surface area contributed by atoms with Crippen molar-refractivity contribution in [1.29, 1.82) is 0 Å². The Morgan fingerprint density at radius 3 is 2.50 bits per heavy atom. The number of aliphatic hydroxyl groups is 1. The summed E-state index contributed by atoms with van der Waals surface area (Å²) in [6, 6.07) is 8.67. The van der Waals surface area contributed by atoms with Crippen LogP contribution < -0.4 is 4.90 Å². The number of imide groups is 1. The predicted octanol–water partition coefficient (Wildman–Crippen LogP) is 2.38. The average molecular weight is 373 g/mol. The zero-order valence-electron chi connectivity index (χ0n) is 15.0. The van der Waals surface area contributed by atoms with E-state index in [0.717, 1.165) is 24.2 Å². The van der Waals surface area contributed by atoms with Crippen LogP contribution in [0.15, 0.2) is 41.3 Å². The Balaban J connectivity index is 1.59. The van der Waals surface area contributed by atoms with Crippen molar-refractivity contribution in [2.45, 2.75) is 39.2 Å². The molecule has 6 heteroatoms. The van der Waals surface area contributed by atoms with Crippen molar-refractivity contribution in [3.8, 4) is 0 Å². The molecule has 138 valence electrons. The predicted molar refractivity (Wildman–Crippen MR) is 99.6 cm³/mol. The Hall–Kier alpha value is -1.79. The van der Waals surface area contributed by atoms with E-state index in [1.807, 2.05) is 0 Å². The Morgan fingerprint density at radius 1 is 1.23 bits per heavy atom. The summed E-state index contributed by atoms with van der Waals surface area (Å²) in [5, 5.41) is 10.6. The number of anilines is 1. The van der Waals surface area contributed by atoms with Gasteiger partial charge < -0.3 is 5.11 Å². The summed E-state index contributed by atoms with van der Waals surface area (Å²) < 4.78 is 13.1. The normalized spacial score (nSPS) is 33.7. The van der Waals surface area contributed by atoms with Crippen LogP contribution in [-0.4, -0.2) is 33.0 Å². The molecule has 0 aromatic heterocycles. The Labute approximate surface area is 155 Å². The van der Waals surface area contributed by atoms with Crippen LogP contribution in [0, 0.1) is 16.7 Å². The number of carbonyl (C=O) groups is 2. The minimum atomic E-state index is -1.62. The monoisotopic (exact) mass is 373 g/mol. The highest BCUT2D eigenvalue weighted by Crippen LogP contribution is 2.66. The number of amides is 2. The molecular weight excluding hydrogens is 350 g/mol. The standard InChI is InChI=1S/C20H23NO4S/c1-19(2)13-8-9-20(19,16(22)10-13)12-26(25)15-11-17(23)21(18(15)24)14-6-4-3-5-7-14/h3-7,11,13,16,22H,8-10,12H2,1-2H3/t13-,16-,20-,26?/m1/s1. The maximum Gasteiger partial charge on any atom is 0.274 e. The van der Waals surface area contributed by atoms with E-state index in [9.17, 15) is 18.9 Å². The number of fused-ring (bicyclic) bond motifs is 2. The molecule has 2 saturated carbocycles. The molecule has 0 saturated heterocycles. The number of hydrogen-bond acceptors (Lipinski definition) is 4. The molecule has 26 heavy (non-hydrogen) atoms. The van der Waals surface area contributed by atoms with Gasteiger partial charge in [-0.05, 0) is 42.7 Å². The minimum absolute atomic E-state index is 0.0478. The lowest BCUT2D eigenvalue weighted by molar-refractivity contribution is -0.120. The highest BCUT2D eigenvalue weighted by Gasteiger charge is 2.64. The topological polar surface area (TPSA) is 74.7 Å². The lowest BCUT2D eigenvalue weighted by Gasteiger charge is -2.40. The Bertz CT molecular complexity index is 831. The number of nitrogens with zero attached hydrogens (tertiary/aromatic N) is 1. The number of aliphatic hydroxyl groups excluding tert-OH is 1. The average Bonchev–Trinajstić information content (AvgIpc) is 3.10. The fraction of sp³-hybridized carbons (Fsp3) is 0.500. The highest BCUT2D eigenvalue weighted by molar-refractivity contribution is 7.90. The van der Waals surface area contributed by atoms with Gasteiger partial charge in [-0.1, -0.05) is 32.0 Å². The third kappa shape index (κ3) is 2.28. The molecule has 1 heterocycles. The number of para-hydroxylation sites is 1. The van der Waals surface area contributed by atoms with E-state index < -0.39 is 34.1 Å². The summed E-state index contributed by atoms with van der Waals surface area (Å²) in [4.78, 5) is 26.2. The number of hydrogen-bond donors (Lipinski definition) is 1. The minimum Gasteiger partial charge on any atom is -0.392 e. The van der Waals surface area contributed by atoms with Gasteiger partial charge in [0.05, 0.1) is 22.6 Å². The fourth-order valence-corrected chi connectivity index (χ4v) is 6.97. The number of benzene rings is 1. The van der Waals surface area contributed by atoms with Gasteiger partial charge in [0.25, 0.3) is 11.8 Å². The van der Waals surface area contributed by atoms with Gasteiger partial charge in [0.15, 0.2) is 0 Å². The van der Waals surface area contributed by atoms with Gasteiger partial charge in [-0.25, -0.2) is 4.90 Å². The third-order valence-corrected chi connectivity index (χ3v) is 8.49. The second-order valence-electron chi connectivity index (χ2n) is 8.18. The first-order valence-corrected chi connectivity index (χ1v) is 10.3. The summed E-state index contributed by atoms with van der Waals surface area (Å²) in [5.74, 6) is -0.330. The van der Waals surface area contributed by atoms with Gasteiger partial charge in [-0.15, -0.1) is 0 Å². The van der Waals surface area contributed by atoms with Crippen LogP contribution in [0.5, 0.6) is 0 Å². The molecule has 1 aromatic carbocycles. The summed E-state index contributed by atoms with van der Waals surface area (Å²) in [7, 11) is -1.62. The molecular formula is C20H23NO4S. The Kier molecular flexibility index (Phi) is 3.97. The van der Waals surface area contributed by atoms with E-state index in [4.69, 9.17) is 0 Å².